The summed E-state index contributed by atoms with van der Waals surface area (Å²) in [6, 6.07) is 8.22. The topological polar surface area (TPSA) is 44.4 Å². The number of likely N-dealkylation sites (tertiary alicyclic amines) is 1. The molecule has 4 nitrogen and oxygen atoms in total. The third-order valence-electron chi connectivity index (χ3n) is 4.14. The van der Waals surface area contributed by atoms with Crippen LogP contribution in [-0.4, -0.2) is 42.5 Å². The molecule has 1 fully saturated rings. The van der Waals surface area contributed by atoms with Gasteiger partial charge in [0, 0.05) is 37.2 Å². The number of nitrogens with zero attached hydrogens (tertiary/aromatic N) is 1. The Labute approximate surface area is 144 Å². The lowest BCUT2D eigenvalue weighted by Gasteiger charge is -2.24. The number of likely N-dealkylation sites (N-methyl/N-ethyl adjacent to an activating group) is 1. The molecule has 0 bridgehead atoms. The van der Waals surface area contributed by atoms with E-state index in [-0.39, 0.29) is 11.9 Å². The first-order valence-corrected chi connectivity index (χ1v) is 8.87. The third kappa shape index (κ3) is 5.48. The van der Waals surface area contributed by atoms with Gasteiger partial charge in [0.25, 0.3) is 0 Å². The Balaban J connectivity index is 1.94. The molecule has 1 aliphatic heterocycles. The van der Waals surface area contributed by atoms with Gasteiger partial charge in [0.1, 0.15) is 0 Å². The third-order valence-corrected chi connectivity index (χ3v) is 4.38. The average molecular weight is 338 g/mol. The highest BCUT2D eigenvalue weighted by Crippen LogP contribution is 2.20. The number of hydrogen-bond acceptors (Lipinski definition) is 3. The minimum absolute atomic E-state index is 0.0192. The van der Waals surface area contributed by atoms with Gasteiger partial charge in [-0.15, -0.1) is 0 Å². The zero-order valence-corrected chi connectivity index (χ0v) is 15.1. The van der Waals surface area contributed by atoms with Crippen molar-refractivity contribution in [1.29, 1.82) is 0 Å². The number of halogens is 1. The van der Waals surface area contributed by atoms with Crippen LogP contribution in [0.1, 0.15) is 32.8 Å². The summed E-state index contributed by atoms with van der Waals surface area (Å²) in [7, 11) is 0. The van der Waals surface area contributed by atoms with Crippen molar-refractivity contribution >= 4 is 17.5 Å². The fraction of sp³-hybridized carbons (Fsp3) is 0.611. The van der Waals surface area contributed by atoms with E-state index in [2.05, 4.69) is 35.4 Å². The van der Waals surface area contributed by atoms with Crippen molar-refractivity contribution in [2.24, 2.45) is 5.92 Å². The summed E-state index contributed by atoms with van der Waals surface area (Å²) in [4.78, 5) is 14.6. The van der Waals surface area contributed by atoms with Gasteiger partial charge in [-0.2, -0.15) is 0 Å². The maximum Gasteiger partial charge on any atom is 0.237 e. The lowest BCUT2D eigenvalue weighted by atomic mass is 10.1. The Kier molecular flexibility index (Phi) is 6.88. The number of carbonyl (C=O) groups excluding carboxylic acids is 1. The van der Waals surface area contributed by atoms with Crippen molar-refractivity contribution in [3.8, 4) is 0 Å². The van der Waals surface area contributed by atoms with Crippen LogP contribution in [0.25, 0.3) is 0 Å². The monoisotopic (exact) mass is 337 g/mol. The second kappa shape index (κ2) is 8.67. The highest BCUT2D eigenvalue weighted by molar-refractivity contribution is 6.30. The summed E-state index contributed by atoms with van der Waals surface area (Å²) >= 11 is 6.03. The summed E-state index contributed by atoms with van der Waals surface area (Å²) < 4.78 is 0. The number of rotatable bonds is 7. The second-order valence-electron chi connectivity index (χ2n) is 6.70. The van der Waals surface area contributed by atoms with E-state index in [0.717, 1.165) is 31.1 Å². The van der Waals surface area contributed by atoms with Crippen LogP contribution < -0.4 is 10.6 Å². The van der Waals surface area contributed by atoms with Crippen molar-refractivity contribution in [2.75, 3.05) is 19.6 Å². The largest absolute Gasteiger partial charge is 0.355 e. The van der Waals surface area contributed by atoms with Gasteiger partial charge in [0.15, 0.2) is 0 Å². The molecule has 23 heavy (non-hydrogen) atoms. The fourth-order valence-electron chi connectivity index (χ4n) is 3.20. The molecule has 2 rings (SSSR count). The van der Waals surface area contributed by atoms with Crippen molar-refractivity contribution in [3.63, 3.8) is 0 Å². The van der Waals surface area contributed by atoms with Crippen LogP contribution in [-0.2, 0) is 11.3 Å². The van der Waals surface area contributed by atoms with Crippen LogP contribution in [0.3, 0.4) is 0 Å². The first-order chi connectivity index (χ1) is 11.0. The van der Waals surface area contributed by atoms with E-state index in [1.165, 1.54) is 5.56 Å². The first kappa shape index (κ1) is 18.2. The minimum Gasteiger partial charge on any atom is -0.355 e. The summed E-state index contributed by atoms with van der Waals surface area (Å²) in [5.41, 5.74) is 1.18. The smallest absolute Gasteiger partial charge is 0.237 e. The molecule has 2 atom stereocenters. The number of benzene rings is 1. The van der Waals surface area contributed by atoms with E-state index >= 15 is 0 Å². The molecule has 0 aromatic heterocycles. The van der Waals surface area contributed by atoms with Gasteiger partial charge >= 0.3 is 0 Å². The van der Waals surface area contributed by atoms with Crippen LogP contribution >= 0.6 is 11.6 Å². The zero-order chi connectivity index (χ0) is 16.8. The van der Waals surface area contributed by atoms with Crippen LogP contribution in [0.15, 0.2) is 24.3 Å². The van der Waals surface area contributed by atoms with Crippen LogP contribution in [0, 0.1) is 5.92 Å². The van der Waals surface area contributed by atoms with Gasteiger partial charge in [-0.1, -0.05) is 37.6 Å². The van der Waals surface area contributed by atoms with Gasteiger partial charge < -0.3 is 10.6 Å². The predicted molar refractivity (Wildman–Crippen MR) is 95.6 cm³/mol. The molecule has 5 heteroatoms. The van der Waals surface area contributed by atoms with Gasteiger partial charge in [0.2, 0.25) is 5.91 Å². The molecule has 0 saturated carbocycles. The van der Waals surface area contributed by atoms with E-state index in [9.17, 15) is 4.79 Å². The molecule has 1 amide bonds. The molecule has 1 aromatic rings. The van der Waals surface area contributed by atoms with E-state index in [1.54, 1.807) is 0 Å². The number of amides is 1. The van der Waals surface area contributed by atoms with Gasteiger partial charge in [-0.3, -0.25) is 9.69 Å². The molecule has 0 radical (unpaired) electrons. The SMILES string of the molecule is CCNC(=O)[C@@H]1C[C@H](NCc2cccc(Cl)c2)CN1CC(C)C. The molecule has 1 heterocycles. The molecular formula is C18H28ClN3O. The fourth-order valence-corrected chi connectivity index (χ4v) is 3.41. The predicted octanol–water partition coefficient (Wildman–Crippen LogP) is 2.66. The van der Waals surface area contributed by atoms with Gasteiger partial charge in [-0.05, 0) is 37.0 Å². The molecule has 1 aromatic carbocycles. The Morgan fingerprint density at radius 3 is 2.87 bits per heavy atom. The molecule has 128 valence electrons. The maximum absolute atomic E-state index is 12.3. The normalized spacial score (nSPS) is 21.8. The minimum atomic E-state index is -0.0192. The highest BCUT2D eigenvalue weighted by atomic mass is 35.5. The summed E-state index contributed by atoms with van der Waals surface area (Å²) in [6.07, 6.45) is 0.860. The molecule has 0 spiro atoms. The van der Waals surface area contributed by atoms with E-state index in [4.69, 9.17) is 11.6 Å². The molecule has 0 aliphatic carbocycles. The van der Waals surface area contributed by atoms with E-state index < -0.39 is 0 Å². The quantitative estimate of drug-likeness (QED) is 0.804. The Morgan fingerprint density at radius 2 is 2.22 bits per heavy atom. The second-order valence-corrected chi connectivity index (χ2v) is 7.14. The van der Waals surface area contributed by atoms with E-state index in [1.807, 2.05) is 25.1 Å². The molecule has 1 saturated heterocycles. The number of hydrogen-bond donors (Lipinski definition) is 2. The summed E-state index contributed by atoms with van der Waals surface area (Å²) in [6.45, 7) is 9.70. The number of carbonyl (C=O) groups is 1. The molecule has 2 N–H and O–H groups in total. The zero-order valence-electron chi connectivity index (χ0n) is 14.3. The Bertz CT molecular complexity index is 521. The van der Waals surface area contributed by atoms with Crippen molar-refractivity contribution in [1.82, 2.24) is 15.5 Å². The standard InChI is InChI=1S/C18H28ClN3O/c1-4-20-18(23)17-9-16(12-22(17)11-13(2)3)21-10-14-6-5-7-15(19)8-14/h5-8,13,16-17,21H,4,9-12H2,1-3H3,(H,20,23)/t16-,17-/m0/s1. The molecular weight excluding hydrogens is 310 g/mol. The van der Waals surface area contributed by atoms with Gasteiger partial charge in [-0.25, -0.2) is 0 Å². The van der Waals surface area contributed by atoms with Crippen LogP contribution in [0.2, 0.25) is 5.02 Å². The van der Waals surface area contributed by atoms with Gasteiger partial charge in [0.05, 0.1) is 6.04 Å². The first-order valence-electron chi connectivity index (χ1n) is 8.49. The Hall–Kier alpha value is -1.10. The Morgan fingerprint density at radius 1 is 1.43 bits per heavy atom. The number of nitrogens with one attached hydrogen (secondary N) is 2. The maximum atomic E-state index is 12.3. The van der Waals surface area contributed by atoms with E-state index in [0.29, 0.717) is 18.5 Å². The molecule has 1 aliphatic rings. The van der Waals surface area contributed by atoms with Crippen molar-refractivity contribution in [2.45, 2.75) is 45.8 Å². The summed E-state index contributed by atoms with van der Waals surface area (Å²) in [5.74, 6) is 0.707. The highest BCUT2D eigenvalue weighted by Gasteiger charge is 2.36. The summed E-state index contributed by atoms with van der Waals surface area (Å²) in [5, 5.41) is 7.30. The van der Waals surface area contributed by atoms with Crippen LogP contribution in [0.5, 0.6) is 0 Å². The van der Waals surface area contributed by atoms with Crippen molar-refractivity contribution < 1.29 is 4.79 Å². The average Bonchev–Trinajstić information content (AvgIpc) is 2.88. The van der Waals surface area contributed by atoms with Crippen molar-refractivity contribution in [3.05, 3.63) is 34.9 Å². The molecule has 0 unspecified atom stereocenters. The van der Waals surface area contributed by atoms with Crippen LogP contribution in [0.4, 0.5) is 0 Å². The lowest BCUT2D eigenvalue weighted by molar-refractivity contribution is -0.125. The lowest BCUT2D eigenvalue weighted by Crippen LogP contribution is -2.44.